The molecule has 1 aromatic carbocycles. The third kappa shape index (κ3) is 3.89. The molecular formula is C12H13BrN2O3S. The Labute approximate surface area is 120 Å². The van der Waals surface area contributed by atoms with E-state index in [1.54, 1.807) is 37.3 Å². The number of sulfonamides is 1. The maximum absolute atomic E-state index is 12.0. The van der Waals surface area contributed by atoms with Crippen LogP contribution in [0.1, 0.15) is 11.5 Å². The van der Waals surface area contributed by atoms with E-state index >= 15 is 0 Å². The number of aryl methyl sites for hydroxylation is 1. The summed E-state index contributed by atoms with van der Waals surface area (Å²) in [7, 11) is -3.47. The summed E-state index contributed by atoms with van der Waals surface area (Å²) >= 11 is 3.26. The Balaban J connectivity index is 1.96. The van der Waals surface area contributed by atoms with Gasteiger partial charge in [-0.3, -0.25) is 0 Å². The number of nitrogens with zero attached hydrogens (tertiary/aromatic N) is 1. The first-order chi connectivity index (χ1) is 8.97. The van der Waals surface area contributed by atoms with Crippen LogP contribution in [0.5, 0.6) is 0 Å². The summed E-state index contributed by atoms with van der Waals surface area (Å²) in [5, 5.41) is 3.80. The molecule has 0 amide bonds. The van der Waals surface area contributed by atoms with E-state index in [1.807, 2.05) is 0 Å². The van der Waals surface area contributed by atoms with Gasteiger partial charge in [-0.2, -0.15) is 0 Å². The topological polar surface area (TPSA) is 72.2 Å². The molecular weight excluding hydrogens is 332 g/mol. The van der Waals surface area contributed by atoms with Crippen molar-refractivity contribution in [2.24, 2.45) is 0 Å². The van der Waals surface area contributed by atoms with Crippen LogP contribution in [-0.2, 0) is 16.4 Å². The van der Waals surface area contributed by atoms with Crippen LogP contribution >= 0.6 is 15.9 Å². The highest BCUT2D eigenvalue weighted by Crippen LogP contribution is 2.14. The molecule has 1 aromatic heterocycles. The highest BCUT2D eigenvalue weighted by molar-refractivity contribution is 9.10. The molecule has 19 heavy (non-hydrogen) atoms. The summed E-state index contributed by atoms with van der Waals surface area (Å²) in [4.78, 5) is 0.243. The van der Waals surface area contributed by atoms with Gasteiger partial charge in [-0.15, -0.1) is 0 Å². The minimum Gasteiger partial charge on any atom is -0.361 e. The second-order valence-corrected chi connectivity index (χ2v) is 6.71. The van der Waals surface area contributed by atoms with Crippen LogP contribution in [0, 0.1) is 6.92 Å². The van der Waals surface area contributed by atoms with E-state index in [9.17, 15) is 8.42 Å². The van der Waals surface area contributed by atoms with Crippen molar-refractivity contribution in [1.29, 1.82) is 0 Å². The Morgan fingerprint density at radius 1 is 1.32 bits per heavy atom. The molecule has 0 unspecified atom stereocenters. The average Bonchev–Trinajstić information content (AvgIpc) is 2.75. The van der Waals surface area contributed by atoms with E-state index < -0.39 is 10.0 Å². The summed E-state index contributed by atoms with van der Waals surface area (Å²) in [6.07, 6.45) is 0.493. The summed E-state index contributed by atoms with van der Waals surface area (Å²) in [5.74, 6) is 0.714. The normalized spacial score (nSPS) is 11.7. The van der Waals surface area contributed by atoms with Gasteiger partial charge in [0.15, 0.2) is 0 Å². The van der Waals surface area contributed by atoms with Crippen LogP contribution in [0.4, 0.5) is 0 Å². The van der Waals surface area contributed by atoms with Crippen molar-refractivity contribution in [2.75, 3.05) is 6.54 Å². The number of aromatic nitrogens is 1. The largest absolute Gasteiger partial charge is 0.361 e. The lowest BCUT2D eigenvalue weighted by atomic mass is 10.3. The molecule has 0 aliphatic carbocycles. The van der Waals surface area contributed by atoms with Crippen LogP contribution in [0.2, 0.25) is 0 Å². The zero-order valence-electron chi connectivity index (χ0n) is 10.3. The zero-order valence-corrected chi connectivity index (χ0v) is 12.7. The number of rotatable bonds is 5. The minimum absolute atomic E-state index is 0.243. The van der Waals surface area contributed by atoms with Crippen LogP contribution < -0.4 is 4.72 Å². The SMILES string of the molecule is Cc1cc(CCNS(=O)(=O)c2ccc(Br)cc2)no1. The molecule has 5 nitrogen and oxygen atoms in total. The van der Waals surface area contributed by atoms with E-state index in [4.69, 9.17) is 4.52 Å². The van der Waals surface area contributed by atoms with Crippen molar-refractivity contribution >= 4 is 26.0 Å². The van der Waals surface area contributed by atoms with Crippen molar-refractivity contribution in [2.45, 2.75) is 18.2 Å². The monoisotopic (exact) mass is 344 g/mol. The van der Waals surface area contributed by atoms with Crippen LogP contribution in [0.25, 0.3) is 0 Å². The number of nitrogens with one attached hydrogen (secondary N) is 1. The number of hydrogen-bond donors (Lipinski definition) is 1. The molecule has 2 rings (SSSR count). The van der Waals surface area contributed by atoms with Crippen molar-refractivity contribution in [1.82, 2.24) is 9.88 Å². The summed E-state index contributed by atoms with van der Waals surface area (Å²) < 4.78 is 32.2. The van der Waals surface area contributed by atoms with Gasteiger partial charge in [0.2, 0.25) is 10.0 Å². The molecule has 1 heterocycles. The highest BCUT2D eigenvalue weighted by Gasteiger charge is 2.13. The number of hydrogen-bond acceptors (Lipinski definition) is 4. The Morgan fingerprint density at radius 3 is 2.58 bits per heavy atom. The van der Waals surface area contributed by atoms with Gasteiger partial charge in [0.05, 0.1) is 10.6 Å². The van der Waals surface area contributed by atoms with E-state index in [-0.39, 0.29) is 11.4 Å². The third-order valence-electron chi connectivity index (χ3n) is 2.47. The third-order valence-corrected chi connectivity index (χ3v) is 4.48. The standard InChI is InChI=1S/C12H13BrN2O3S/c1-9-8-11(15-18-9)6-7-14-19(16,17)12-4-2-10(13)3-5-12/h2-5,8,14H,6-7H2,1H3. The van der Waals surface area contributed by atoms with Crippen molar-refractivity contribution in [3.8, 4) is 0 Å². The lowest BCUT2D eigenvalue weighted by Crippen LogP contribution is -2.26. The second kappa shape index (κ2) is 5.85. The molecule has 0 spiro atoms. The van der Waals surface area contributed by atoms with Gasteiger partial charge in [-0.25, -0.2) is 13.1 Å². The Kier molecular flexibility index (Phi) is 4.38. The van der Waals surface area contributed by atoms with Gasteiger partial charge >= 0.3 is 0 Å². The first-order valence-electron chi connectivity index (χ1n) is 5.65. The van der Waals surface area contributed by atoms with E-state index in [2.05, 4.69) is 25.8 Å². The highest BCUT2D eigenvalue weighted by atomic mass is 79.9. The molecule has 1 N–H and O–H groups in total. The molecule has 0 saturated carbocycles. The Hall–Kier alpha value is -1.18. The number of halogens is 1. The van der Waals surface area contributed by atoms with E-state index in [0.29, 0.717) is 12.2 Å². The van der Waals surface area contributed by atoms with Gasteiger partial charge in [0.1, 0.15) is 5.76 Å². The summed E-state index contributed by atoms with van der Waals surface area (Å²) in [6.45, 7) is 2.08. The fourth-order valence-electron chi connectivity index (χ4n) is 1.55. The molecule has 0 atom stereocenters. The first-order valence-corrected chi connectivity index (χ1v) is 7.92. The van der Waals surface area contributed by atoms with Gasteiger partial charge in [0.25, 0.3) is 0 Å². The molecule has 0 aliphatic heterocycles. The summed E-state index contributed by atoms with van der Waals surface area (Å²) in [5.41, 5.74) is 0.732. The summed E-state index contributed by atoms with van der Waals surface area (Å²) in [6, 6.07) is 8.26. The van der Waals surface area contributed by atoms with Crippen LogP contribution in [0.15, 0.2) is 44.2 Å². The van der Waals surface area contributed by atoms with Crippen molar-refractivity contribution in [3.05, 3.63) is 46.3 Å². The predicted molar refractivity (Wildman–Crippen MR) is 74.3 cm³/mol. The fourth-order valence-corrected chi connectivity index (χ4v) is 2.84. The zero-order chi connectivity index (χ0) is 13.9. The lowest BCUT2D eigenvalue weighted by molar-refractivity contribution is 0.390. The Bertz CT molecular complexity index is 650. The quantitative estimate of drug-likeness (QED) is 0.902. The minimum atomic E-state index is -3.47. The van der Waals surface area contributed by atoms with Gasteiger partial charge in [0, 0.05) is 23.5 Å². The molecule has 0 saturated heterocycles. The maximum atomic E-state index is 12.0. The predicted octanol–water partition coefficient (Wildman–Crippen LogP) is 2.27. The molecule has 102 valence electrons. The van der Waals surface area contributed by atoms with Gasteiger partial charge < -0.3 is 4.52 Å². The fraction of sp³-hybridized carbons (Fsp3) is 0.250. The maximum Gasteiger partial charge on any atom is 0.240 e. The average molecular weight is 345 g/mol. The molecule has 0 radical (unpaired) electrons. The molecule has 0 aliphatic rings. The molecule has 0 fully saturated rings. The van der Waals surface area contributed by atoms with Gasteiger partial charge in [-0.05, 0) is 31.2 Å². The van der Waals surface area contributed by atoms with Crippen molar-refractivity contribution in [3.63, 3.8) is 0 Å². The molecule has 0 bridgehead atoms. The van der Waals surface area contributed by atoms with Gasteiger partial charge in [-0.1, -0.05) is 21.1 Å². The van der Waals surface area contributed by atoms with Crippen molar-refractivity contribution < 1.29 is 12.9 Å². The molecule has 7 heteroatoms. The lowest BCUT2D eigenvalue weighted by Gasteiger charge is -2.05. The van der Waals surface area contributed by atoms with Crippen LogP contribution in [-0.4, -0.2) is 20.1 Å². The van der Waals surface area contributed by atoms with E-state index in [0.717, 1.165) is 10.2 Å². The smallest absolute Gasteiger partial charge is 0.240 e. The Morgan fingerprint density at radius 2 is 2.00 bits per heavy atom. The van der Waals surface area contributed by atoms with E-state index in [1.165, 1.54) is 0 Å². The number of benzene rings is 1. The first kappa shape index (κ1) is 14.2. The van der Waals surface area contributed by atoms with Crippen LogP contribution in [0.3, 0.4) is 0 Å². The second-order valence-electron chi connectivity index (χ2n) is 4.03. The molecule has 2 aromatic rings.